The topological polar surface area (TPSA) is 73.3 Å². The number of aryl methyl sites for hydroxylation is 1. The summed E-state index contributed by atoms with van der Waals surface area (Å²) in [7, 11) is 0. The number of aromatic nitrogens is 3. The van der Waals surface area contributed by atoms with E-state index in [1.54, 1.807) is 18.3 Å². The van der Waals surface area contributed by atoms with Gasteiger partial charge >= 0.3 is 0 Å². The molecule has 3 aromatic heterocycles. The van der Waals surface area contributed by atoms with Gasteiger partial charge in [0.1, 0.15) is 11.3 Å². The molecule has 1 amide bonds. The predicted octanol–water partition coefficient (Wildman–Crippen LogP) is 2.39. The van der Waals surface area contributed by atoms with Crippen molar-refractivity contribution in [3.05, 3.63) is 52.9 Å². The Hall–Kier alpha value is -2.40. The van der Waals surface area contributed by atoms with Crippen molar-refractivity contribution < 1.29 is 4.79 Å². The minimum absolute atomic E-state index is 0.101. The summed E-state index contributed by atoms with van der Waals surface area (Å²) in [5.41, 5.74) is 9.23. The number of carbonyl (C=O) groups is 1. The maximum absolute atomic E-state index is 11.4. The number of amides is 1. The third kappa shape index (κ3) is 2.60. The molecule has 0 aliphatic rings. The summed E-state index contributed by atoms with van der Waals surface area (Å²) in [6.07, 6.45) is 3.59. The number of rotatable bonds is 3. The normalized spacial score (nSPS) is 11.0. The van der Waals surface area contributed by atoms with Crippen LogP contribution in [0.25, 0.3) is 17.0 Å². The third-order valence-electron chi connectivity index (χ3n) is 3.18. The Balaban J connectivity index is 2.25. The maximum atomic E-state index is 11.4. The van der Waals surface area contributed by atoms with E-state index >= 15 is 0 Å². The molecule has 3 rings (SSSR count). The van der Waals surface area contributed by atoms with E-state index in [-0.39, 0.29) is 6.42 Å². The number of carbonyl (C=O) groups excluding carboxylic acids is 1. The van der Waals surface area contributed by atoms with Gasteiger partial charge in [-0.1, -0.05) is 17.7 Å². The number of primary amides is 1. The lowest BCUT2D eigenvalue weighted by atomic mass is 10.2. The van der Waals surface area contributed by atoms with Gasteiger partial charge in [-0.3, -0.25) is 9.78 Å². The van der Waals surface area contributed by atoms with Crippen molar-refractivity contribution in [2.24, 2.45) is 5.73 Å². The van der Waals surface area contributed by atoms with E-state index < -0.39 is 5.91 Å². The van der Waals surface area contributed by atoms with Crippen molar-refractivity contribution in [1.29, 1.82) is 0 Å². The van der Waals surface area contributed by atoms with E-state index in [1.807, 2.05) is 29.7 Å². The molecule has 3 heterocycles. The zero-order chi connectivity index (χ0) is 15.0. The average Bonchev–Trinajstić information content (AvgIpc) is 2.77. The molecule has 0 saturated carbocycles. The van der Waals surface area contributed by atoms with Gasteiger partial charge in [-0.25, -0.2) is 4.98 Å². The minimum Gasteiger partial charge on any atom is -0.369 e. The van der Waals surface area contributed by atoms with Crippen LogP contribution in [-0.2, 0) is 11.2 Å². The first-order valence-corrected chi connectivity index (χ1v) is 6.80. The number of nitrogens with two attached hydrogens (primary N) is 1. The Morgan fingerprint density at radius 1 is 1.33 bits per heavy atom. The molecule has 0 aromatic carbocycles. The largest absolute Gasteiger partial charge is 0.369 e. The van der Waals surface area contributed by atoms with Crippen molar-refractivity contribution in [1.82, 2.24) is 14.4 Å². The molecule has 3 aromatic rings. The molecule has 0 unspecified atom stereocenters. The fourth-order valence-corrected chi connectivity index (χ4v) is 2.37. The molecule has 0 bridgehead atoms. The Morgan fingerprint density at radius 3 is 2.81 bits per heavy atom. The molecule has 0 fully saturated rings. The zero-order valence-electron chi connectivity index (χ0n) is 11.4. The van der Waals surface area contributed by atoms with Crippen LogP contribution in [0.4, 0.5) is 0 Å². The van der Waals surface area contributed by atoms with Crippen LogP contribution in [0.2, 0.25) is 5.02 Å². The van der Waals surface area contributed by atoms with Gasteiger partial charge in [0.05, 0.1) is 22.8 Å². The minimum atomic E-state index is -0.409. The van der Waals surface area contributed by atoms with Crippen molar-refractivity contribution in [3.63, 3.8) is 0 Å². The SMILES string of the molecule is Cc1ccc2nc(-c3ccc(Cl)cn3)c(CC(N)=O)n2c1. The van der Waals surface area contributed by atoms with Gasteiger partial charge in [-0.15, -0.1) is 0 Å². The molecule has 21 heavy (non-hydrogen) atoms. The lowest BCUT2D eigenvalue weighted by Crippen LogP contribution is -2.15. The third-order valence-corrected chi connectivity index (χ3v) is 3.40. The van der Waals surface area contributed by atoms with Crippen molar-refractivity contribution in [3.8, 4) is 11.4 Å². The Bertz CT molecular complexity index is 824. The van der Waals surface area contributed by atoms with Crippen LogP contribution in [-0.4, -0.2) is 20.3 Å². The summed E-state index contributed by atoms with van der Waals surface area (Å²) in [4.78, 5) is 20.2. The average molecular weight is 301 g/mol. The molecular weight excluding hydrogens is 288 g/mol. The smallest absolute Gasteiger partial charge is 0.223 e. The first-order valence-electron chi connectivity index (χ1n) is 6.42. The van der Waals surface area contributed by atoms with Crippen LogP contribution in [0.3, 0.4) is 0 Å². The van der Waals surface area contributed by atoms with E-state index in [0.29, 0.717) is 16.4 Å². The van der Waals surface area contributed by atoms with Gasteiger partial charge in [0, 0.05) is 12.4 Å². The molecule has 2 N–H and O–H groups in total. The number of pyridine rings is 2. The highest BCUT2D eigenvalue weighted by Gasteiger charge is 2.16. The first-order chi connectivity index (χ1) is 10.0. The van der Waals surface area contributed by atoms with E-state index in [1.165, 1.54) is 0 Å². The highest BCUT2D eigenvalue weighted by atomic mass is 35.5. The first kappa shape index (κ1) is 13.6. The Kier molecular flexibility index (Phi) is 3.35. The Labute approximate surface area is 126 Å². The maximum Gasteiger partial charge on any atom is 0.223 e. The van der Waals surface area contributed by atoms with Crippen molar-refractivity contribution in [2.45, 2.75) is 13.3 Å². The standard InChI is InChI=1S/C15H13ClN4O/c1-9-2-5-14-19-15(11-4-3-10(16)7-18-11)12(6-13(17)21)20(14)8-9/h2-5,7-8H,6H2,1H3,(H2,17,21). The summed E-state index contributed by atoms with van der Waals surface area (Å²) >= 11 is 5.86. The fourth-order valence-electron chi connectivity index (χ4n) is 2.25. The highest BCUT2D eigenvalue weighted by molar-refractivity contribution is 6.30. The molecule has 5 nitrogen and oxygen atoms in total. The van der Waals surface area contributed by atoms with Gasteiger partial charge in [-0.2, -0.15) is 0 Å². The molecule has 0 atom stereocenters. The van der Waals surface area contributed by atoms with Gasteiger partial charge in [0.15, 0.2) is 0 Å². The highest BCUT2D eigenvalue weighted by Crippen LogP contribution is 2.24. The van der Waals surface area contributed by atoms with E-state index in [0.717, 1.165) is 16.9 Å². The van der Waals surface area contributed by atoms with Gasteiger partial charge in [0.25, 0.3) is 0 Å². The van der Waals surface area contributed by atoms with Crippen LogP contribution in [0.15, 0.2) is 36.7 Å². The fraction of sp³-hybridized carbons (Fsp3) is 0.133. The summed E-state index contributed by atoms with van der Waals surface area (Å²) in [5, 5.41) is 0.551. The van der Waals surface area contributed by atoms with Crippen LogP contribution in [0.1, 0.15) is 11.3 Å². The molecule has 106 valence electrons. The van der Waals surface area contributed by atoms with Gasteiger partial charge in [-0.05, 0) is 30.7 Å². The molecule has 0 spiro atoms. The quantitative estimate of drug-likeness (QED) is 0.807. The lowest BCUT2D eigenvalue weighted by Gasteiger charge is -2.03. The molecule has 0 radical (unpaired) electrons. The number of fused-ring (bicyclic) bond motifs is 1. The van der Waals surface area contributed by atoms with E-state index in [4.69, 9.17) is 17.3 Å². The molecule has 0 saturated heterocycles. The molecular formula is C15H13ClN4O. The van der Waals surface area contributed by atoms with Gasteiger partial charge in [0.2, 0.25) is 5.91 Å². The number of imidazole rings is 1. The number of hydrogen-bond donors (Lipinski definition) is 1. The van der Waals surface area contributed by atoms with Crippen molar-refractivity contribution >= 4 is 23.2 Å². The van der Waals surface area contributed by atoms with E-state index in [9.17, 15) is 4.79 Å². The van der Waals surface area contributed by atoms with Gasteiger partial charge < -0.3 is 10.1 Å². The van der Waals surface area contributed by atoms with Crippen molar-refractivity contribution in [2.75, 3.05) is 0 Å². The lowest BCUT2D eigenvalue weighted by molar-refractivity contribution is -0.117. The molecule has 0 aliphatic heterocycles. The number of nitrogens with zero attached hydrogens (tertiary/aromatic N) is 3. The van der Waals surface area contributed by atoms with Crippen LogP contribution >= 0.6 is 11.6 Å². The second kappa shape index (κ2) is 5.18. The monoisotopic (exact) mass is 300 g/mol. The zero-order valence-corrected chi connectivity index (χ0v) is 12.1. The van der Waals surface area contributed by atoms with Crippen LogP contribution in [0, 0.1) is 6.92 Å². The molecule has 0 aliphatic carbocycles. The molecule has 6 heteroatoms. The van der Waals surface area contributed by atoms with Crippen LogP contribution in [0.5, 0.6) is 0 Å². The predicted molar refractivity (Wildman–Crippen MR) is 81.1 cm³/mol. The second-order valence-electron chi connectivity index (χ2n) is 4.85. The van der Waals surface area contributed by atoms with E-state index in [2.05, 4.69) is 9.97 Å². The Morgan fingerprint density at radius 2 is 2.14 bits per heavy atom. The number of hydrogen-bond acceptors (Lipinski definition) is 3. The van der Waals surface area contributed by atoms with Crippen LogP contribution < -0.4 is 5.73 Å². The summed E-state index contributed by atoms with van der Waals surface area (Å²) in [5.74, 6) is -0.409. The summed E-state index contributed by atoms with van der Waals surface area (Å²) in [6.45, 7) is 1.98. The second-order valence-corrected chi connectivity index (χ2v) is 5.28. The summed E-state index contributed by atoms with van der Waals surface area (Å²) in [6, 6.07) is 7.39. The summed E-state index contributed by atoms with van der Waals surface area (Å²) < 4.78 is 1.88. The number of halogens is 1.